The zero-order valence-corrected chi connectivity index (χ0v) is 14.3. The van der Waals surface area contributed by atoms with Gasteiger partial charge in [-0.1, -0.05) is 26.3 Å². The molecule has 0 amide bonds. The van der Waals surface area contributed by atoms with Gasteiger partial charge in [-0.2, -0.15) is 0 Å². The Hall–Kier alpha value is -1.12. The minimum atomic E-state index is -0.707. The van der Waals surface area contributed by atoms with E-state index in [1.54, 1.807) is 0 Å². The first-order chi connectivity index (χ1) is 10.8. The third kappa shape index (κ3) is 1.88. The molecule has 3 heteroatoms. The van der Waals surface area contributed by atoms with Gasteiger partial charge >= 0.3 is 5.97 Å². The fourth-order valence-corrected chi connectivity index (χ4v) is 7.36. The molecule has 3 fully saturated rings. The van der Waals surface area contributed by atoms with Gasteiger partial charge in [0.05, 0.1) is 0 Å². The summed E-state index contributed by atoms with van der Waals surface area (Å²) >= 11 is 0. The van der Waals surface area contributed by atoms with Crippen molar-refractivity contribution in [2.75, 3.05) is 0 Å². The lowest BCUT2D eigenvalue weighted by atomic mass is 9.41. The van der Waals surface area contributed by atoms with E-state index in [0.29, 0.717) is 17.4 Å². The number of carboxylic acids is 1. The monoisotopic (exact) mass is 316 g/mol. The van der Waals surface area contributed by atoms with Crippen molar-refractivity contribution in [3.8, 4) is 0 Å². The molecular formula is C20H28O3. The van der Waals surface area contributed by atoms with Gasteiger partial charge in [0.25, 0.3) is 0 Å². The van der Waals surface area contributed by atoms with Crippen molar-refractivity contribution in [3.05, 3.63) is 11.6 Å². The Morgan fingerprint density at radius 2 is 1.96 bits per heavy atom. The molecule has 3 saturated carbocycles. The van der Waals surface area contributed by atoms with Gasteiger partial charge < -0.3 is 9.90 Å². The molecule has 2 bridgehead atoms. The van der Waals surface area contributed by atoms with Crippen LogP contribution in [0.2, 0.25) is 0 Å². The van der Waals surface area contributed by atoms with Crippen LogP contribution in [0.1, 0.15) is 65.2 Å². The molecule has 23 heavy (non-hydrogen) atoms. The van der Waals surface area contributed by atoms with Crippen LogP contribution < -0.4 is 0 Å². The Morgan fingerprint density at radius 1 is 1.17 bits per heavy atom. The number of hydrogen-bond donors (Lipinski definition) is 1. The van der Waals surface area contributed by atoms with E-state index in [0.717, 1.165) is 44.9 Å². The number of carbonyl (C=O) groups is 2. The van der Waals surface area contributed by atoms with Crippen molar-refractivity contribution in [1.29, 1.82) is 0 Å². The minimum Gasteiger partial charge on any atom is -0.478 e. The number of fused-ring (bicyclic) bond motifs is 3. The Kier molecular flexibility index (Phi) is 3.15. The zero-order chi connectivity index (χ0) is 16.5. The molecule has 4 rings (SSSR count). The lowest BCUT2D eigenvalue weighted by molar-refractivity contribution is -0.151. The standard InChI is InChI=1S/C20H28O3/c1-18(12-21)7-3-8-19(2)15(18)6-9-20-10-13(4-5-16(19)20)14(11-20)17(22)23/h11-13,15-16H,3-10H2,1-2H3,(H,22,23). The Balaban J connectivity index is 1.76. The van der Waals surface area contributed by atoms with Crippen LogP contribution in [0.5, 0.6) is 0 Å². The third-order valence-corrected chi connectivity index (χ3v) is 8.24. The van der Waals surface area contributed by atoms with Crippen LogP contribution in [0.25, 0.3) is 0 Å². The van der Waals surface area contributed by atoms with Crippen LogP contribution in [0.4, 0.5) is 0 Å². The quantitative estimate of drug-likeness (QED) is 0.776. The predicted octanol–water partition coefficient (Wildman–Crippen LogP) is 4.22. The Morgan fingerprint density at radius 3 is 2.65 bits per heavy atom. The molecule has 0 aromatic rings. The molecule has 3 nitrogen and oxygen atoms in total. The Bertz CT molecular complexity index is 594. The second-order valence-corrected chi connectivity index (χ2v) is 9.24. The second-order valence-electron chi connectivity index (χ2n) is 9.24. The van der Waals surface area contributed by atoms with E-state index in [1.807, 2.05) is 0 Å². The van der Waals surface area contributed by atoms with Crippen molar-refractivity contribution in [2.45, 2.75) is 65.2 Å². The summed E-state index contributed by atoms with van der Waals surface area (Å²) in [7, 11) is 0. The Labute approximate surface area is 138 Å². The average Bonchev–Trinajstić information content (AvgIpc) is 2.78. The van der Waals surface area contributed by atoms with Gasteiger partial charge in [-0.05, 0) is 73.5 Å². The van der Waals surface area contributed by atoms with Crippen LogP contribution in [-0.4, -0.2) is 17.4 Å². The van der Waals surface area contributed by atoms with Gasteiger partial charge in [0.15, 0.2) is 0 Å². The van der Waals surface area contributed by atoms with Crippen LogP contribution in [0.15, 0.2) is 11.6 Å². The lowest BCUT2D eigenvalue weighted by Gasteiger charge is -2.63. The summed E-state index contributed by atoms with van der Waals surface area (Å²) in [5.41, 5.74) is 0.803. The van der Waals surface area contributed by atoms with Crippen LogP contribution >= 0.6 is 0 Å². The third-order valence-electron chi connectivity index (χ3n) is 8.24. The molecule has 0 aromatic carbocycles. The predicted molar refractivity (Wildman–Crippen MR) is 87.8 cm³/mol. The van der Waals surface area contributed by atoms with Gasteiger partial charge in [0, 0.05) is 11.0 Å². The number of allylic oxidation sites excluding steroid dienone is 1. The number of aliphatic carboxylic acids is 1. The molecule has 1 spiro atoms. The summed E-state index contributed by atoms with van der Waals surface area (Å²) in [6.45, 7) is 4.58. The smallest absolute Gasteiger partial charge is 0.331 e. The van der Waals surface area contributed by atoms with Gasteiger partial charge in [0.2, 0.25) is 0 Å². The number of rotatable bonds is 2. The molecule has 4 aliphatic carbocycles. The summed E-state index contributed by atoms with van der Waals surface area (Å²) in [4.78, 5) is 23.5. The highest BCUT2D eigenvalue weighted by Gasteiger charge is 2.63. The lowest BCUT2D eigenvalue weighted by Crippen LogP contribution is -2.56. The normalized spacial score (nSPS) is 51.4. The first kappa shape index (κ1) is 15.4. The van der Waals surface area contributed by atoms with Crippen molar-refractivity contribution >= 4 is 12.3 Å². The molecule has 0 saturated heterocycles. The minimum absolute atomic E-state index is 0.100. The van der Waals surface area contributed by atoms with Crippen molar-refractivity contribution < 1.29 is 14.7 Å². The summed E-state index contributed by atoms with van der Waals surface area (Å²) in [5, 5.41) is 9.55. The molecule has 6 unspecified atom stereocenters. The number of aldehydes is 1. The van der Waals surface area contributed by atoms with Gasteiger partial charge in [-0.15, -0.1) is 0 Å². The molecule has 4 aliphatic rings. The molecule has 0 aromatic heterocycles. The maximum absolute atomic E-state index is 11.8. The van der Waals surface area contributed by atoms with Crippen LogP contribution in [0.3, 0.4) is 0 Å². The fraction of sp³-hybridized carbons (Fsp3) is 0.800. The van der Waals surface area contributed by atoms with E-state index in [-0.39, 0.29) is 22.2 Å². The molecule has 6 atom stereocenters. The van der Waals surface area contributed by atoms with E-state index in [2.05, 4.69) is 19.9 Å². The molecule has 0 heterocycles. The summed E-state index contributed by atoms with van der Waals surface area (Å²) in [6, 6.07) is 0. The number of carbonyl (C=O) groups excluding carboxylic acids is 1. The van der Waals surface area contributed by atoms with Crippen LogP contribution in [-0.2, 0) is 9.59 Å². The van der Waals surface area contributed by atoms with Crippen molar-refractivity contribution in [2.24, 2.45) is 34.0 Å². The first-order valence-electron chi connectivity index (χ1n) is 9.27. The molecule has 1 N–H and O–H groups in total. The second kappa shape index (κ2) is 4.70. The molecule has 0 aliphatic heterocycles. The largest absolute Gasteiger partial charge is 0.478 e. The van der Waals surface area contributed by atoms with Crippen molar-refractivity contribution in [3.63, 3.8) is 0 Å². The number of carboxylic acid groups (broad SMARTS) is 1. The highest BCUT2D eigenvalue weighted by molar-refractivity contribution is 5.88. The van der Waals surface area contributed by atoms with Gasteiger partial charge in [-0.3, -0.25) is 0 Å². The van der Waals surface area contributed by atoms with E-state index in [4.69, 9.17) is 0 Å². The van der Waals surface area contributed by atoms with E-state index >= 15 is 0 Å². The van der Waals surface area contributed by atoms with Crippen LogP contribution in [0, 0.1) is 34.0 Å². The summed E-state index contributed by atoms with van der Waals surface area (Å²) in [5.74, 6) is 0.586. The maximum Gasteiger partial charge on any atom is 0.331 e. The highest BCUT2D eigenvalue weighted by atomic mass is 16.4. The molecule has 126 valence electrons. The van der Waals surface area contributed by atoms with Gasteiger partial charge in [0.1, 0.15) is 6.29 Å². The fourth-order valence-electron chi connectivity index (χ4n) is 7.36. The topological polar surface area (TPSA) is 54.4 Å². The van der Waals surface area contributed by atoms with Gasteiger partial charge in [-0.25, -0.2) is 4.79 Å². The summed E-state index contributed by atoms with van der Waals surface area (Å²) < 4.78 is 0. The van der Waals surface area contributed by atoms with E-state index in [1.165, 1.54) is 12.7 Å². The van der Waals surface area contributed by atoms with Crippen molar-refractivity contribution in [1.82, 2.24) is 0 Å². The van der Waals surface area contributed by atoms with E-state index < -0.39 is 5.97 Å². The molecular weight excluding hydrogens is 288 g/mol. The molecule has 0 radical (unpaired) electrons. The average molecular weight is 316 g/mol. The number of hydrogen-bond acceptors (Lipinski definition) is 2. The SMILES string of the molecule is CC1(C=O)CCCC2(C)C1CCC13C=C(C(=O)O)C(CCC12)C3. The zero-order valence-electron chi connectivity index (χ0n) is 14.3. The maximum atomic E-state index is 11.8. The van der Waals surface area contributed by atoms with E-state index in [9.17, 15) is 14.7 Å². The highest BCUT2D eigenvalue weighted by Crippen LogP contribution is 2.70. The summed E-state index contributed by atoms with van der Waals surface area (Å²) in [6.07, 6.45) is 12.1. The first-order valence-corrected chi connectivity index (χ1v) is 9.27.